The Hall–Kier alpha value is 1.88. The van der Waals surface area contributed by atoms with Crippen molar-refractivity contribution in [2.24, 2.45) is 0 Å². The minimum absolute atomic E-state index is 0. The van der Waals surface area contributed by atoms with Gasteiger partial charge in [-0.2, -0.15) is 0 Å². The van der Waals surface area contributed by atoms with Crippen LogP contribution in [0, 0.1) is 0 Å². The maximum Gasteiger partial charge on any atom is 3.00 e. The molecule has 0 saturated carbocycles. The molecule has 2 radical (unpaired) electrons. The molecule has 0 aliphatic carbocycles. The van der Waals surface area contributed by atoms with Crippen LogP contribution in [0.2, 0.25) is 157 Å². The van der Waals surface area contributed by atoms with Crippen molar-refractivity contribution >= 4 is 65.9 Å². The fourth-order valence-electron chi connectivity index (χ4n) is 4.02. The third kappa shape index (κ3) is 76.9. The van der Waals surface area contributed by atoms with E-state index in [-0.39, 0.29) is 25.0 Å². The standard InChI is InChI=1S/4C6H18NSi2.Li.N/c4*1-8(2,3)7-9(4,5)6;;/h4*1-6H3;;/q4*-1;+1;+3. The van der Waals surface area contributed by atoms with Gasteiger partial charge in [0.1, 0.15) is 0 Å². The minimum Gasteiger partial charge on any atom is -0.668 e. The summed E-state index contributed by atoms with van der Waals surface area (Å²) in [6.45, 7) is 55.1. The van der Waals surface area contributed by atoms with Gasteiger partial charge in [0.05, 0.1) is 0 Å². The molecule has 0 aromatic carbocycles. The largest absolute Gasteiger partial charge is 3.00 e. The van der Waals surface area contributed by atoms with E-state index in [1.807, 2.05) is 0 Å². The zero-order chi connectivity index (χ0) is 30.8. The monoisotopic (exact) mass is 661 g/mol. The first-order chi connectivity index (χ1) is 14.8. The Morgan fingerprint density at radius 1 is 0.211 bits per heavy atom. The van der Waals surface area contributed by atoms with E-state index in [1.54, 1.807) is 0 Å². The summed E-state index contributed by atoms with van der Waals surface area (Å²) >= 11 is 0. The molecule has 0 bridgehead atoms. The Labute approximate surface area is 264 Å². The van der Waals surface area contributed by atoms with E-state index in [9.17, 15) is 0 Å². The van der Waals surface area contributed by atoms with Crippen LogP contribution in [0.1, 0.15) is 0 Å². The van der Waals surface area contributed by atoms with Crippen molar-refractivity contribution in [3.05, 3.63) is 18.6 Å². The average molecular weight is 663 g/mol. The maximum absolute atomic E-state index is 4.82. The molecule has 0 fully saturated rings. The Morgan fingerprint density at radius 2 is 0.263 bits per heavy atom. The summed E-state index contributed by atoms with van der Waals surface area (Å²) in [7, 11) is -8.85. The molecule has 0 atom stereocenters. The fourth-order valence-corrected chi connectivity index (χ4v) is 36.2. The molecule has 0 amide bonds. The molecule has 0 rings (SSSR count). The van der Waals surface area contributed by atoms with Gasteiger partial charge in [-0.25, -0.2) is 0 Å². The smallest absolute Gasteiger partial charge is 0.668 e. The summed E-state index contributed by atoms with van der Waals surface area (Å²) in [5.74, 6) is 0. The van der Waals surface area contributed by atoms with Gasteiger partial charge in [-0.1, -0.05) is 223 Å². The normalized spacial score (nSPS) is 13.3. The van der Waals surface area contributed by atoms with Crippen LogP contribution in [0.4, 0.5) is 0 Å². The van der Waals surface area contributed by atoms with Gasteiger partial charge in [0.25, 0.3) is 0 Å². The van der Waals surface area contributed by atoms with Crippen LogP contribution in [0.15, 0.2) is 0 Å². The van der Waals surface area contributed by atoms with Crippen molar-refractivity contribution in [2.45, 2.75) is 157 Å². The van der Waals surface area contributed by atoms with Crippen LogP contribution in [-0.2, 0) is 0 Å². The molecule has 0 aliphatic heterocycles. The second-order valence-corrected chi connectivity index (χ2v) is 56.1. The molecule has 5 nitrogen and oxygen atoms in total. The van der Waals surface area contributed by atoms with Gasteiger partial charge >= 0.3 is 25.0 Å². The van der Waals surface area contributed by atoms with Gasteiger partial charge in [-0.15, -0.1) is 0 Å². The molecular weight excluding hydrogens is 590 g/mol. The predicted molar refractivity (Wildman–Crippen MR) is 202 cm³/mol. The van der Waals surface area contributed by atoms with E-state index < -0.39 is 65.9 Å². The summed E-state index contributed by atoms with van der Waals surface area (Å²) in [5.41, 5.74) is 0. The molecule has 226 valence electrons. The number of hydrogen-bond donors (Lipinski definition) is 0. The molecule has 0 aromatic heterocycles. The Kier molecular flexibility index (Phi) is 26.6. The third-order valence-electron chi connectivity index (χ3n) is 2.68. The molecule has 14 heteroatoms. The van der Waals surface area contributed by atoms with Crippen molar-refractivity contribution < 1.29 is 18.9 Å². The van der Waals surface area contributed by atoms with Gasteiger partial charge < -0.3 is 18.6 Å². The first-order valence-electron chi connectivity index (χ1n) is 13.8. The Morgan fingerprint density at radius 3 is 0.263 bits per heavy atom. The molecule has 0 spiro atoms. The van der Waals surface area contributed by atoms with Crippen molar-refractivity contribution in [1.82, 2.24) is 6.15 Å². The molecule has 0 unspecified atom stereocenters. The van der Waals surface area contributed by atoms with E-state index in [0.717, 1.165) is 0 Å². The van der Waals surface area contributed by atoms with Crippen LogP contribution in [0.25, 0.3) is 18.6 Å². The molecule has 0 N–H and O–H groups in total. The summed E-state index contributed by atoms with van der Waals surface area (Å²) < 4.78 is 19.3. The maximum atomic E-state index is 4.82. The topological polar surface area (TPSA) is 86.9 Å². The zero-order valence-electron chi connectivity index (χ0n) is 31.2. The van der Waals surface area contributed by atoms with Gasteiger partial charge in [-0.3, -0.25) is 0 Å². The van der Waals surface area contributed by atoms with Crippen LogP contribution in [-0.4, -0.2) is 65.9 Å². The van der Waals surface area contributed by atoms with Gasteiger partial charge in [0.15, 0.2) is 0 Å². The van der Waals surface area contributed by atoms with E-state index in [1.165, 1.54) is 0 Å². The molecule has 38 heavy (non-hydrogen) atoms. The van der Waals surface area contributed by atoms with Crippen molar-refractivity contribution in [3.63, 3.8) is 0 Å². The van der Waals surface area contributed by atoms with E-state index in [0.29, 0.717) is 0 Å². The molecule has 0 aromatic rings. The summed E-state index contributed by atoms with van der Waals surface area (Å²) in [5, 5.41) is 0. The van der Waals surface area contributed by atoms with Crippen molar-refractivity contribution in [2.75, 3.05) is 0 Å². The van der Waals surface area contributed by atoms with Crippen LogP contribution in [0.5, 0.6) is 0 Å². The second kappa shape index (κ2) is 19.2. The van der Waals surface area contributed by atoms with Gasteiger partial charge in [0, 0.05) is 0 Å². The quantitative estimate of drug-likeness (QED) is 0.233. The number of rotatable bonds is 8. The van der Waals surface area contributed by atoms with Crippen LogP contribution >= 0.6 is 0 Å². The van der Waals surface area contributed by atoms with E-state index in [2.05, 4.69) is 157 Å². The predicted octanol–water partition coefficient (Wildman–Crippen LogP) is 8.64. The summed E-state index contributed by atoms with van der Waals surface area (Å²) in [6.07, 6.45) is 0. The molecule has 0 saturated heterocycles. The zero-order valence-corrected chi connectivity index (χ0v) is 39.2. The number of nitrogens with zero attached hydrogens (tertiary/aromatic N) is 5. The fraction of sp³-hybridized carbons (Fsp3) is 1.00. The third-order valence-corrected chi connectivity index (χ3v) is 24.1. The number of hydrogen-bond acceptors (Lipinski definition) is 0. The molecule has 0 heterocycles. The summed E-state index contributed by atoms with van der Waals surface area (Å²) in [6, 6.07) is 0. The van der Waals surface area contributed by atoms with Crippen LogP contribution in [0.3, 0.4) is 0 Å². The van der Waals surface area contributed by atoms with E-state index in [4.69, 9.17) is 18.6 Å². The SMILES string of the molecule is C[Si](C)(C)[N-][Si](C)(C)C.C[Si](C)(C)[N-][Si](C)(C)C.C[Si](C)(C)[N-][Si](C)(C)C.C[Si](C)(C)[N-][Si](C)(C)C.[Li+].[N+3]. The second-order valence-electron chi connectivity index (χ2n) is 17.8. The molecular formula is C24H72LiN5Si8. The minimum atomic E-state index is -1.11. The average Bonchev–Trinajstić information content (AvgIpc) is 2.19. The van der Waals surface area contributed by atoms with E-state index >= 15 is 0 Å². The van der Waals surface area contributed by atoms with Crippen molar-refractivity contribution in [1.29, 1.82) is 0 Å². The first-order valence-corrected chi connectivity index (χ1v) is 41.4. The van der Waals surface area contributed by atoms with Crippen molar-refractivity contribution in [3.8, 4) is 0 Å². The van der Waals surface area contributed by atoms with Crippen LogP contribution < -0.4 is 25.0 Å². The Bertz CT molecular complexity index is 419. The Balaban J connectivity index is -0.0000000883. The molecule has 0 aliphatic rings. The van der Waals surface area contributed by atoms with Gasteiger partial charge in [0.2, 0.25) is 0 Å². The summed E-state index contributed by atoms with van der Waals surface area (Å²) in [4.78, 5) is 0. The first kappa shape index (κ1) is 52.5. The van der Waals surface area contributed by atoms with Gasteiger partial charge in [-0.05, 0) is 0 Å².